The van der Waals surface area contributed by atoms with E-state index < -0.39 is 6.04 Å². The molecular formula is C26H25N3O4. The number of benzene rings is 2. The SMILES string of the molecule is CCCCOc1cccc([C@@H]2c3c(-c4ccccc4O)n[nH]c3C(=O)N2Cc2ccco2)c1. The van der Waals surface area contributed by atoms with E-state index in [1.807, 2.05) is 36.4 Å². The minimum Gasteiger partial charge on any atom is -0.507 e. The van der Waals surface area contributed by atoms with Crippen LogP contribution in [0.1, 0.15) is 53.2 Å². The minimum absolute atomic E-state index is 0.110. The number of nitrogens with zero attached hydrogens (tertiary/aromatic N) is 2. The number of amides is 1. The van der Waals surface area contributed by atoms with E-state index in [-0.39, 0.29) is 11.7 Å². The van der Waals surface area contributed by atoms with Gasteiger partial charge in [-0.1, -0.05) is 37.6 Å². The first-order chi connectivity index (χ1) is 16.2. The fourth-order valence-electron chi connectivity index (χ4n) is 4.26. The molecule has 5 rings (SSSR count). The molecule has 1 atom stereocenters. The van der Waals surface area contributed by atoms with Crippen LogP contribution in [0.4, 0.5) is 0 Å². The fourth-order valence-corrected chi connectivity index (χ4v) is 4.26. The molecule has 0 saturated carbocycles. The van der Waals surface area contributed by atoms with Crippen LogP contribution in [0.5, 0.6) is 11.5 Å². The van der Waals surface area contributed by atoms with Crippen molar-refractivity contribution in [3.8, 4) is 22.8 Å². The Hall–Kier alpha value is -4.00. The van der Waals surface area contributed by atoms with Crippen molar-refractivity contribution in [1.82, 2.24) is 15.1 Å². The number of hydrogen-bond donors (Lipinski definition) is 2. The van der Waals surface area contributed by atoms with Crippen LogP contribution in [0.15, 0.2) is 71.3 Å². The molecule has 0 saturated heterocycles. The molecular weight excluding hydrogens is 418 g/mol. The largest absolute Gasteiger partial charge is 0.507 e. The molecule has 7 heteroatoms. The van der Waals surface area contributed by atoms with Crippen molar-refractivity contribution < 1.29 is 19.1 Å². The Bertz CT molecular complexity index is 1260. The van der Waals surface area contributed by atoms with Crippen molar-refractivity contribution >= 4 is 5.91 Å². The number of rotatable bonds is 8. The first-order valence-electron chi connectivity index (χ1n) is 11.1. The maximum Gasteiger partial charge on any atom is 0.273 e. The Morgan fingerprint density at radius 1 is 1.15 bits per heavy atom. The molecule has 2 N–H and O–H groups in total. The lowest BCUT2D eigenvalue weighted by Crippen LogP contribution is -2.29. The standard InChI is InChI=1S/C26H25N3O4/c1-2-3-13-32-18-9-6-8-17(15-18)25-22-23(20-11-4-5-12-21(20)30)27-28-24(22)26(31)29(25)16-19-10-7-14-33-19/h4-12,14-15,25,30H,2-3,13,16H2,1H3,(H,27,28)/t25-/m1/s1. The van der Waals surface area contributed by atoms with Crippen LogP contribution in [0, 0.1) is 0 Å². The second-order valence-electron chi connectivity index (χ2n) is 8.07. The second-order valence-corrected chi connectivity index (χ2v) is 8.07. The zero-order chi connectivity index (χ0) is 22.8. The molecule has 1 aliphatic heterocycles. The van der Waals surface area contributed by atoms with Crippen LogP contribution in [0.2, 0.25) is 0 Å². The molecule has 2 aromatic carbocycles. The van der Waals surface area contributed by atoms with Gasteiger partial charge >= 0.3 is 0 Å². The predicted molar refractivity (Wildman–Crippen MR) is 123 cm³/mol. The molecule has 3 heterocycles. The Morgan fingerprint density at radius 3 is 2.82 bits per heavy atom. The van der Waals surface area contributed by atoms with Gasteiger partial charge in [-0.05, 0) is 48.4 Å². The molecule has 0 unspecified atom stereocenters. The van der Waals surface area contributed by atoms with E-state index in [1.54, 1.807) is 35.4 Å². The molecule has 0 fully saturated rings. The number of hydrogen-bond acceptors (Lipinski definition) is 5. The topological polar surface area (TPSA) is 91.6 Å². The zero-order valence-electron chi connectivity index (χ0n) is 18.3. The van der Waals surface area contributed by atoms with Crippen molar-refractivity contribution in [3.05, 3.63) is 89.5 Å². The lowest BCUT2D eigenvalue weighted by molar-refractivity contribution is 0.0716. The predicted octanol–water partition coefficient (Wildman–Crippen LogP) is 5.30. The third-order valence-corrected chi connectivity index (χ3v) is 5.87. The molecule has 168 valence electrons. The number of phenolic OH excluding ortho intramolecular Hbond substituents is 1. The van der Waals surface area contributed by atoms with E-state index in [1.165, 1.54) is 0 Å². The summed E-state index contributed by atoms with van der Waals surface area (Å²) in [5, 5.41) is 17.8. The van der Waals surface area contributed by atoms with Crippen LogP contribution >= 0.6 is 0 Å². The van der Waals surface area contributed by atoms with Gasteiger partial charge in [0.15, 0.2) is 0 Å². The molecule has 4 aromatic rings. The number of fused-ring (bicyclic) bond motifs is 1. The van der Waals surface area contributed by atoms with E-state index in [2.05, 4.69) is 17.1 Å². The smallest absolute Gasteiger partial charge is 0.273 e. The first kappa shape index (κ1) is 20.9. The fraction of sp³-hybridized carbons (Fsp3) is 0.231. The number of para-hydroxylation sites is 1. The number of unbranched alkanes of at least 4 members (excludes halogenated alkanes) is 1. The summed E-state index contributed by atoms with van der Waals surface area (Å²) < 4.78 is 11.5. The molecule has 0 aliphatic carbocycles. The lowest BCUT2D eigenvalue weighted by atomic mass is 9.95. The number of nitrogens with one attached hydrogen (secondary N) is 1. The highest BCUT2D eigenvalue weighted by molar-refractivity contribution is 6.00. The van der Waals surface area contributed by atoms with E-state index in [9.17, 15) is 9.90 Å². The molecule has 1 amide bonds. The number of aromatic amines is 1. The molecule has 7 nitrogen and oxygen atoms in total. The molecule has 0 radical (unpaired) electrons. The van der Waals surface area contributed by atoms with Gasteiger partial charge in [-0.2, -0.15) is 5.10 Å². The molecule has 1 aliphatic rings. The van der Waals surface area contributed by atoms with Crippen molar-refractivity contribution in [2.24, 2.45) is 0 Å². The molecule has 0 spiro atoms. The van der Waals surface area contributed by atoms with E-state index in [0.717, 1.165) is 29.7 Å². The summed E-state index contributed by atoms with van der Waals surface area (Å²) in [4.78, 5) is 15.2. The van der Waals surface area contributed by atoms with Crippen LogP contribution < -0.4 is 4.74 Å². The van der Waals surface area contributed by atoms with E-state index in [4.69, 9.17) is 9.15 Å². The maximum atomic E-state index is 13.5. The summed E-state index contributed by atoms with van der Waals surface area (Å²) in [6.45, 7) is 3.07. The van der Waals surface area contributed by atoms with Crippen LogP contribution in [0.3, 0.4) is 0 Å². The Morgan fingerprint density at radius 2 is 2.03 bits per heavy atom. The first-order valence-corrected chi connectivity index (χ1v) is 11.1. The van der Waals surface area contributed by atoms with Crippen molar-refractivity contribution in [2.75, 3.05) is 6.61 Å². The number of aromatic nitrogens is 2. The van der Waals surface area contributed by atoms with Crippen molar-refractivity contribution in [2.45, 2.75) is 32.4 Å². The summed E-state index contributed by atoms with van der Waals surface area (Å²) in [7, 11) is 0. The highest BCUT2D eigenvalue weighted by atomic mass is 16.5. The molecule has 0 bridgehead atoms. The number of furan rings is 1. The van der Waals surface area contributed by atoms with Gasteiger partial charge in [0.2, 0.25) is 0 Å². The average Bonchev–Trinajstić information content (AvgIpc) is 3.54. The summed E-state index contributed by atoms with van der Waals surface area (Å²) >= 11 is 0. The Labute approximate surface area is 191 Å². The highest BCUT2D eigenvalue weighted by Crippen LogP contribution is 2.45. The second kappa shape index (κ2) is 8.86. The number of ether oxygens (including phenoxy) is 1. The van der Waals surface area contributed by atoms with Crippen LogP contribution in [0.25, 0.3) is 11.3 Å². The van der Waals surface area contributed by atoms with Crippen LogP contribution in [-0.4, -0.2) is 32.7 Å². The quantitative estimate of drug-likeness (QED) is 0.361. The summed E-state index contributed by atoms with van der Waals surface area (Å²) in [5.74, 6) is 1.38. The van der Waals surface area contributed by atoms with Gasteiger partial charge in [0.1, 0.15) is 28.6 Å². The van der Waals surface area contributed by atoms with Gasteiger partial charge in [0.25, 0.3) is 5.91 Å². The summed E-state index contributed by atoms with van der Waals surface area (Å²) in [6.07, 6.45) is 3.62. The van der Waals surface area contributed by atoms with Gasteiger partial charge in [-0.15, -0.1) is 0 Å². The summed E-state index contributed by atoms with van der Waals surface area (Å²) in [5.41, 5.74) is 3.19. The number of carbonyl (C=O) groups excluding carboxylic acids is 1. The number of carbonyl (C=O) groups is 1. The molecule has 2 aromatic heterocycles. The average molecular weight is 444 g/mol. The Balaban J connectivity index is 1.61. The zero-order valence-corrected chi connectivity index (χ0v) is 18.3. The summed E-state index contributed by atoms with van der Waals surface area (Å²) in [6, 6.07) is 18.1. The minimum atomic E-state index is -0.416. The normalized spacial score (nSPS) is 15.1. The number of phenols is 1. The van der Waals surface area contributed by atoms with Gasteiger partial charge < -0.3 is 19.2 Å². The maximum absolute atomic E-state index is 13.5. The van der Waals surface area contributed by atoms with Crippen LogP contribution in [-0.2, 0) is 6.54 Å². The lowest BCUT2D eigenvalue weighted by Gasteiger charge is -2.26. The number of H-pyrrole nitrogens is 1. The van der Waals surface area contributed by atoms with Crippen molar-refractivity contribution in [1.29, 1.82) is 0 Å². The highest BCUT2D eigenvalue weighted by Gasteiger charge is 2.43. The third kappa shape index (κ3) is 3.86. The third-order valence-electron chi connectivity index (χ3n) is 5.87. The number of aromatic hydroxyl groups is 1. The van der Waals surface area contributed by atoms with E-state index >= 15 is 0 Å². The van der Waals surface area contributed by atoms with Gasteiger partial charge in [0, 0.05) is 11.1 Å². The van der Waals surface area contributed by atoms with Crippen molar-refractivity contribution in [3.63, 3.8) is 0 Å². The van der Waals surface area contributed by atoms with Gasteiger partial charge in [-0.25, -0.2) is 0 Å². The monoisotopic (exact) mass is 443 g/mol. The van der Waals surface area contributed by atoms with E-state index in [0.29, 0.717) is 35.9 Å². The molecule has 33 heavy (non-hydrogen) atoms. The van der Waals surface area contributed by atoms with Gasteiger partial charge in [-0.3, -0.25) is 9.89 Å². The van der Waals surface area contributed by atoms with Gasteiger partial charge in [0.05, 0.1) is 25.5 Å². The Kier molecular flexibility index (Phi) is 5.60.